The molecule has 202 valence electrons. The number of H-pyrrole nitrogens is 1. The maximum absolute atomic E-state index is 12.8. The average molecular weight is 534 g/mol. The lowest BCUT2D eigenvalue weighted by Gasteiger charge is -2.31. The smallest absolute Gasteiger partial charge is 0.272 e. The number of aromatic amines is 1. The second-order valence-electron chi connectivity index (χ2n) is 10.2. The van der Waals surface area contributed by atoms with Gasteiger partial charge in [-0.05, 0) is 79.1 Å². The molecule has 1 aliphatic rings. The number of anilines is 3. The van der Waals surface area contributed by atoms with Crippen LogP contribution in [0.4, 0.5) is 17.1 Å². The van der Waals surface area contributed by atoms with Gasteiger partial charge in [0.2, 0.25) is 0 Å². The molecule has 3 aromatic carbocycles. The maximum atomic E-state index is 12.8. The van der Waals surface area contributed by atoms with Crippen LogP contribution in [-0.4, -0.2) is 45.7 Å². The number of hydrogen-bond acceptors (Lipinski definition) is 4. The fourth-order valence-electron chi connectivity index (χ4n) is 5.22. The van der Waals surface area contributed by atoms with Crippen LogP contribution in [0.1, 0.15) is 33.7 Å². The van der Waals surface area contributed by atoms with Gasteiger partial charge in [0.15, 0.2) is 0 Å². The van der Waals surface area contributed by atoms with Gasteiger partial charge in [0.05, 0.1) is 6.10 Å². The van der Waals surface area contributed by atoms with E-state index in [2.05, 4.69) is 20.5 Å². The van der Waals surface area contributed by atoms with Gasteiger partial charge in [0.25, 0.3) is 11.8 Å². The number of piperidine rings is 1. The van der Waals surface area contributed by atoms with E-state index in [1.807, 2.05) is 92.2 Å². The van der Waals surface area contributed by atoms with Gasteiger partial charge in [-0.25, -0.2) is 0 Å². The van der Waals surface area contributed by atoms with Crippen molar-refractivity contribution in [2.45, 2.75) is 18.9 Å². The molecule has 0 saturated carbocycles. The Morgan fingerprint density at radius 1 is 0.875 bits per heavy atom. The van der Waals surface area contributed by atoms with E-state index in [-0.39, 0.29) is 17.9 Å². The van der Waals surface area contributed by atoms with Crippen LogP contribution in [0, 0.1) is 0 Å². The molecule has 0 aliphatic carbocycles. The highest BCUT2D eigenvalue weighted by atomic mass is 16.3. The zero-order valence-electron chi connectivity index (χ0n) is 22.2. The second kappa shape index (κ2) is 10.7. The summed E-state index contributed by atoms with van der Waals surface area (Å²) in [6, 6.07) is 24.8. The number of aliphatic hydroxyl groups excluding tert-OH is 1. The van der Waals surface area contributed by atoms with Crippen LogP contribution < -0.4 is 15.5 Å². The monoisotopic (exact) mass is 533 g/mol. The Morgan fingerprint density at radius 2 is 1.57 bits per heavy atom. The van der Waals surface area contributed by atoms with Crippen molar-refractivity contribution in [1.82, 2.24) is 9.55 Å². The van der Waals surface area contributed by atoms with Crippen LogP contribution in [0.2, 0.25) is 0 Å². The van der Waals surface area contributed by atoms with Gasteiger partial charge >= 0.3 is 0 Å². The van der Waals surface area contributed by atoms with Crippen LogP contribution in [0.25, 0.3) is 22.0 Å². The average Bonchev–Trinajstić information content (AvgIpc) is 3.60. The van der Waals surface area contributed by atoms with E-state index in [0.29, 0.717) is 22.6 Å². The molecule has 40 heavy (non-hydrogen) atoms. The number of nitrogens with zero attached hydrogens (tertiary/aromatic N) is 2. The first-order chi connectivity index (χ1) is 19.4. The number of benzene rings is 3. The Bertz CT molecular complexity index is 1660. The number of hydrogen-bond donors (Lipinski definition) is 4. The third-order valence-corrected chi connectivity index (χ3v) is 7.53. The number of carbonyl (C=O) groups is 2. The van der Waals surface area contributed by atoms with Crippen molar-refractivity contribution in [1.29, 1.82) is 0 Å². The summed E-state index contributed by atoms with van der Waals surface area (Å²) < 4.78 is 1.78. The highest BCUT2D eigenvalue weighted by molar-refractivity contribution is 6.06. The third-order valence-electron chi connectivity index (χ3n) is 7.53. The number of rotatable bonds is 6. The summed E-state index contributed by atoms with van der Waals surface area (Å²) in [4.78, 5) is 30.9. The molecule has 0 atom stereocenters. The van der Waals surface area contributed by atoms with E-state index in [1.54, 1.807) is 10.6 Å². The Labute approximate surface area is 232 Å². The van der Waals surface area contributed by atoms with Crippen molar-refractivity contribution in [2.75, 3.05) is 28.6 Å². The molecule has 1 fully saturated rings. The fourth-order valence-corrected chi connectivity index (χ4v) is 5.22. The molecular formula is C32H31N5O3. The molecule has 2 aromatic heterocycles. The minimum absolute atomic E-state index is 0.157. The Morgan fingerprint density at radius 3 is 2.27 bits per heavy atom. The molecule has 0 radical (unpaired) electrons. The molecule has 0 unspecified atom stereocenters. The van der Waals surface area contributed by atoms with Crippen LogP contribution in [0.3, 0.4) is 0 Å². The van der Waals surface area contributed by atoms with Gasteiger partial charge in [-0.2, -0.15) is 0 Å². The summed E-state index contributed by atoms with van der Waals surface area (Å²) in [5, 5.41) is 16.7. The summed E-state index contributed by atoms with van der Waals surface area (Å²) in [6.07, 6.45) is 5.12. The number of aliphatic hydroxyl groups is 1. The Kier molecular flexibility index (Phi) is 6.84. The van der Waals surface area contributed by atoms with Crippen molar-refractivity contribution in [3.05, 3.63) is 103 Å². The van der Waals surface area contributed by atoms with Gasteiger partial charge in [0, 0.05) is 71.6 Å². The van der Waals surface area contributed by atoms with E-state index >= 15 is 0 Å². The molecule has 8 heteroatoms. The van der Waals surface area contributed by atoms with Crippen molar-refractivity contribution < 1.29 is 14.7 Å². The van der Waals surface area contributed by atoms with Gasteiger partial charge in [-0.15, -0.1) is 0 Å². The first-order valence-electron chi connectivity index (χ1n) is 13.4. The number of amides is 2. The molecule has 2 amide bonds. The predicted molar refractivity (Wildman–Crippen MR) is 159 cm³/mol. The second-order valence-corrected chi connectivity index (χ2v) is 10.2. The Hall–Kier alpha value is -4.82. The molecule has 0 bridgehead atoms. The fraction of sp³-hybridized carbons (Fsp3) is 0.188. The summed E-state index contributed by atoms with van der Waals surface area (Å²) in [5.41, 5.74) is 6.65. The van der Waals surface area contributed by atoms with E-state index in [1.165, 1.54) is 0 Å². The molecule has 6 rings (SSSR count). The third kappa shape index (κ3) is 5.21. The minimum Gasteiger partial charge on any atom is -0.393 e. The highest BCUT2D eigenvalue weighted by Crippen LogP contribution is 2.31. The molecule has 3 heterocycles. The van der Waals surface area contributed by atoms with Crippen LogP contribution in [0.15, 0.2) is 91.3 Å². The first kappa shape index (κ1) is 25.5. The molecule has 5 aromatic rings. The van der Waals surface area contributed by atoms with E-state index in [9.17, 15) is 14.7 Å². The lowest BCUT2D eigenvalue weighted by atomic mass is 10.0. The van der Waals surface area contributed by atoms with Crippen molar-refractivity contribution in [2.24, 2.45) is 7.05 Å². The molecule has 8 nitrogen and oxygen atoms in total. The van der Waals surface area contributed by atoms with Crippen molar-refractivity contribution in [3.8, 4) is 11.1 Å². The van der Waals surface area contributed by atoms with Crippen molar-refractivity contribution >= 4 is 39.8 Å². The number of carbonyl (C=O) groups excluding carboxylic acids is 2. The zero-order valence-corrected chi connectivity index (χ0v) is 22.2. The standard InChI is InChI=1S/C32H31N5O3/c1-36-16-2-3-30(36)32(40)35-24-10-13-27-28(20-33-29(27)19-24)21-4-8-23(9-5-21)34-31(39)22-6-11-25(12-7-22)37-17-14-26(38)15-18-37/h2-13,16,19-20,26,33,38H,14-15,17-18H2,1H3,(H,34,39)(H,35,40). The van der Waals surface area contributed by atoms with Crippen LogP contribution in [-0.2, 0) is 7.05 Å². The topological polar surface area (TPSA) is 102 Å². The largest absolute Gasteiger partial charge is 0.393 e. The maximum Gasteiger partial charge on any atom is 0.272 e. The number of fused-ring (bicyclic) bond motifs is 1. The molecule has 1 saturated heterocycles. The number of nitrogens with one attached hydrogen (secondary N) is 3. The number of aryl methyl sites for hydroxylation is 1. The van der Waals surface area contributed by atoms with E-state index in [4.69, 9.17) is 0 Å². The predicted octanol–water partition coefficient (Wildman–Crippen LogP) is 5.64. The Balaban J connectivity index is 1.11. The van der Waals surface area contributed by atoms with E-state index < -0.39 is 0 Å². The van der Waals surface area contributed by atoms with Gasteiger partial charge in [0.1, 0.15) is 5.69 Å². The molecule has 4 N–H and O–H groups in total. The molecule has 0 spiro atoms. The molecular weight excluding hydrogens is 502 g/mol. The van der Waals surface area contributed by atoms with E-state index in [0.717, 1.165) is 53.6 Å². The van der Waals surface area contributed by atoms with Crippen LogP contribution in [0.5, 0.6) is 0 Å². The normalized spacial score (nSPS) is 13.9. The van der Waals surface area contributed by atoms with Crippen molar-refractivity contribution in [3.63, 3.8) is 0 Å². The quantitative estimate of drug-likeness (QED) is 0.227. The summed E-state index contributed by atoms with van der Waals surface area (Å²) in [7, 11) is 1.84. The van der Waals surface area contributed by atoms with Gasteiger partial charge < -0.3 is 30.2 Å². The lowest BCUT2D eigenvalue weighted by Crippen LogP contribution is -2.35. The first-order valence-corrected chi connectivity index (χ1v) is 13.4. The summed E-state index contributed by atoms with van der Waals surface area (Å²) >= 11 is 0. The summed E-state index contributed by atoms with van der Waals surface area (Å²) in [5.74, 6) is -0.319. The lowest BCUT2D eigenvalue weighted by molar-refractivity contribution is 0.101. The van der Waals surface area contributed by atoms with Crippen LogP contribution >= 0.6 is 0 Å². The van der Waals surface area contributed by atoms with Gasteiger partial charge in [-0.1, -0.05) is 18.2 Å². The highest BCUT2D eigenvalue weighted by Gasteiger charge is 2.18. The number of aromatic nitrogens is 2. The zero-order chi connectivity index (χ0) is 27.6. The SMILES string of the molecule is Cn1cccc1C(=O)Nc1ccc2c(-c3ccc(NC(=O)c4ccc(N5CCC(O)CC5)cc4)cc3)c[nH]c2c1. The molecule has 1 aliphatic heterocycles. The minimum atomic E-state index is -0.212. The summed E-state index contributed by atoms with van der Waals surface area (Å²) in [6.45, 7) is 1.64. The van der Waals surface area contributed by atoms with Gasteiger partial charge in [-0.3, -0.25) is 9.59 Å².